The first kappa shape index (κ1) is 12.7. The number of H-pyrrole nitrogens is 1. The molecule has 1 saturated heterocycles. The molecule has 1 aliphatic rings. The Morgan fingerprint density at radius 1 is 1.23 bits per heavy atom. The van der Waals surface area contributed by atoms with Crippen molar-refractivity contribution in [2.24, 2.45) is 0 Å². The normalized spacial score (nSPS) is 14.6. The molecule has 1 fully saturated rings. The van der Waals surface area contributed by atoms with Crippen molar-refractivity contribution in [2.45, 2.75) is 6.04 Å². The maximum Gasteiger partial charge on any atom is 0.144 e. The van der Waals surface area contributed by atoms with Crippen LogP contribution in [-0.4, -0.2) is 34.1 Å². The standard InChI is InChI=1S/C16H14N6/c17-6-11-7-18-15-14(11)16(20-10-19-15)21-12-8-22(9-12)13-4-2-1-3-5-13/h1-5,7,10,12H,8-9H2,(H2,18,19,20,21). The predicted octanol–water partition coefficient (Wildman–Crippen LogP) is 2.13. The molecule has 0 unspecified atom stereocenters. The van der Waals surface area contributed by atoms with Crippen LogP contribution in [0.4, 0.5) is 11.5 Å². The average molecular weight is 290 g/mol. The third-order valence-corrected chi connectivity index (χ3v) is 3.93. The highest BCUT2D eigenvalue weighted by molar-refractivity contribution is 5.92. The Kier molecular flexibility index (Phi) is 2.90. The number of nitrogens with zero attached hydrogens (tertiary/aromatic N) is 4. The molecule has 22 heavy (non-hydrogen) atoms. The Labute approximate surface area is 127 Å². The molecule has 6 nitrogen and oxygen atoms in total. The van der Waals surface area contributed by atoms with Crippen molar-refractivity contribution in [1.82, 2.24) is 15.0 Å². The maximum absolute atomic E-state index is 9.18. The van der Waals surface area contributed by atoms with E-state index >= 15 is 0 Å². The second-order valence-electron chi connectivity index (χ2n) is 5.34. The minimum atomic E-state index is 0.319. The molecule has 108 valence electrons. The number of hydrogen-bond donors (Lipinski definition) is 2. The van der Waals surface area contributed by atoms with Crippen LogP contribution in [0.25, 0.3) is 11.0 Å². The molecule has 3 aromatic rings. The predicted molar refractivity (Wildman–Crippen MR) is 84.7 cm³/mol. The SMILES string of the molecule is N#Cc1c[nH]c2ncnc(NC3CN(c4ccccc4)C3)c12. The quantitative estimate of drug-likeness (QED) is 0.772. The van der Waals surface area contributed by atoms with Gasteiger partial charge in [-0.2, -0.15) is 5.26 Å². The zero-order valence-electron chi connectivity index (χ0n) is 11.8. The molecule has 2 aromatic heterocycles. The molecule has 4 rings (SSSR count). The number of nitrogens with one attached hydrogen (secondary N) is 2. The van der Waals surface area contributed by atoms with Crippen LogP contribution in [0.5, 0.6) is 0 Å². The molecule has 1 aliphatic heterocycles. The van der Waals surface area contributed by atoms with Crippen LogP contribution in [0.15, 0.2) is 42.9 Å². The van der Waals surface area contributed by atoms with Crippen LogP contribution in [0.3, 0.4) is 0 Å². The van der Waals surface area contributed by atoms with Crippen LogP contribution in [0.2, 0.25) is 0 Å². The first-order chi connectivity index (χ1) is 10.8. The van der Waals surface area contributed by atoms with Crippen molar-refractivity contribution >= 4 is 22.5 Å². The van der Waals surface area contributed by atoms with Crippen molar-refractivity contribution in [3.05, 3.63) is 48.4 Å². The van der Waals surface area contributed by atoms with E-state index in [9.17, 15) is 5.26 Å². The number of rotatable bonds is 3. The molecule has 0 aliphatic carbocycles. The second kappa shape index (κ2) is 5.04. The Bertz CT molecular complexity index is 842. The van der Waals surface area contributed by atoms with Crippen molar-refractivity contribution in [3.63, 3.8) is 0 Å². The van der Waals surface area contributed by atoms with Crippen LogP contribution < -0.4 is 10.2 Å². The fraction of sp³-hybridized carbons (Fsp3) is 0.188. The number of hydrogen-bond acceptors (Lipinski definition) is 5. The minimum Gasteiger partial charge on any atom is -0.367 e. The van der Waals surface area contributed by atoms with Crippen LogP contribution >= 0.6 is 0 Å². The Morgan fingerprint density at radius 2 is 2.05 bits per heavy atom. The van der Waals surface area contributed by atoms with Crippen molar-refractivity contribution in [1.29, 1.82) is 5.26 Å². The van der Waals surface area contributed by atoms with Gasteiger partial charge in [0.2, 0.25) is 0 Å². The summed E-state index contributed by atoms with van der Waals surface area (Å²) in [5.41, 5.74) is 2.48. The van der Waals surface area contributed by atoms with E-state index in [1.165, 1.54) is 12.0 Å². The van der Waals surface area contributed by atoms with Crippen molar-refractivity contribution in [3.8, 4) is 6.07 Å². The van der Waals surface area contributed by atoms with Gasteiger partial charge < -0.3 is 15.2 Å². The summed E-state index contributed by atoms with van der Waals surface area (Å²) in [6.45, 7) is 1.84. The summed E-state index contributed by atoms with van der Waals surface area (Å²) in [4.78, 5) is 13.8. The molecule has 0 spiro atoms. The summed E-state index contributed by atoms with van der Waals surface area (Å²) >= 11 is 0. The van der Waals surface area contributed by atoms with Gasteiger partial charge in [0.1, 0.15) is 23.9 Å². The third kappa shape index (κ3) is 2.04. The molecule has 6 heteroatoms. The number of aromatic nitrogens is 3. The monoisotopic (exact) mass is 290 g/mol. The van der Waals surface area contributed by atoms with E-state index < -0.39 is 0 Å². The van der Waals surface area contributed by atoms with E-state index in [0.29, 0.717) is 17.3 Å². The summed E-state index contributed by atoms with van der Waals surface area (Å²) in [6.07, 6.45) is 3.18. The molecule has 1 aromatic carbocycles. The van der Waals surface area contributed by atoms with Gasteiger partial charge in [0.05, 0.1) is 17.0 Å². The van der Waals surface area contributed by atoms with Crippen LogP contribution in [0, 0.1) is 11.3 Å². The van der Waals surface area contributed by atoms with Gasteiger partial charge >= 0.3 is 0 Å². The van der Waals surface area contributed by atoms with Gasteiger partial charge in [-0.15, -0.1) is 0 Å². The zero-order valence-corrected chi connectivity index (χ0v) is 11.8. The van der Waals surface area contributed by atoms with Crippen molar-refractivity contribution < 1.29 is 0 Å². The smallest absolute Gasteiger partial charge is 0.144 e. The molecular formula is C16H14N6. The van der Waals surface area contributed by atoms with Gasteiger partial charge in [0.25, 0.3) is 0 Å². The van der Waals surface area contributed by atoms with E-state index in [1.807, 2.05) is 18.2 Å². The lowest BCUT2D eigenvalue weighted by Crippen LogP contribution is -2.55. The van der Waals surface area contributed by atoms with E-state index in [0.717, 1.165) is 24.3 Å². The van der Waals surface area contributed by atoms with E-state index in [4.69, 9.17) is 0 Å². The second-order valence-corrected chi connectivity index (χ2v) is 5.34. The van der Waals surface area contributed by atoms with Gasteiger partial charge in [-0.25, -0.2) is 9.97 Å². The van der Waals surface area contributed by atoms with Crippen LogP contribution in [0.1, 0.15) is 5.56 Å². The number of benzene rings is 1. The zero-order chi connectivity index (χ0) is 14.9. The number of aromatic amines is 1. The molecule has 0 bridgehead atoms. The van der Waals surface area contributed by atoms with E-state index in [1.54, 1.807) is 6.20 Å². The Hall–Kier alpha value is -3.07. The minimum absolute atomic E-state index is 0.319. The Balaban J connectivity index is 1.52. The number of fused-ring (bicyclic) bond motifs is 1. The summed E-state index contributed by atoms with van der Waals surface area (Å²) < 4.78 is 0. The lowest BCUT2D eigenvalue weighted by Gasteiger charge is -2.41. The highest BCUT2D eigenvalue weighted by atomic mass is 15.3. The average Bonchev–Trinajstić information content (AvgIpc) is 2.95. The largest absolute Gasteiger partial charge is 0.367 e. The summed E-state index contributed by atoms with van der Waals surface area (Å²) in [6, 6.07) is 12.8. The van der Waals surface area contributed by atoms with E-state index in [-0.39, 0.29) is 0 Å². The van der Waals surface area contributed by atoms with Gasteiger partial charge in [-0.3, -0.25) is 0 Å². The number of anilines is 2. The van der Waals surface area contributed by atoms with Gasteiger partial charge in [-0.05, 0) is 12.1 Å². The fourth-order valence-corrected chi connectivity index (χ4v) is 2.77. The third-order valence-electron chi connectivity index (χ3n) is 3.93. The molecular weight excluding hydrogens is 276 g/mol. The Morgan fingerprint density at radius 3 is 2.82 bits per heavy atom. The van der Waals surface area contributed by atoms with E-state index in [2.05, 4.69) is 43.4 Å². The number of para-hydroxylation sites is 1. The highest BCUT2D eigenvalue weighted by Gasteiger charge is 2.27. The lowest BCUT2D eigenvalue weighted by molar-refractivity contribution is 0.549. The lowest BCUT2D eigenvalue weighted by atomic mass is 10.1. The first-order valence-electron chi connectivity index (χ1n) is 7.14. The molecule has 0 atom stereocenters. The molecule has 0 amide bonds. The number of nitriles is 1. The summed E-state index contributed by atoms with van der Waals surface area (Å²) in [7, 11) is 0. The fourth-order valence-electron chi connectivity index (χ4n) is 2.77. The van der Waals surface area contributed by atoms with Gasteiger partial charge in [0, 0.05) is 25.0 Å². The van der Waals surface area contributed by atoms with Gasteiger partial charge in [-0.1, -0.05) is 18.2 Å². The summed E-state index contributed by atoms with van der Waals surface area (Å²) in [5, 5.41) is 13.4. The topological polar surface area (TPSA) is 80.6 Å². The maximum atomic E-state index is 9.18. The molecule has 2 N–H and O–H groups in total. The van der Waals surface area contributed by atoms with Gasteiger partial charge in [0.15, 0.2) is 0 Å². The highest BCUT2D eigenvalue weighted by Crippen LogP contribution is 2.26. The summed E-state index contributed by atoms with van der Waals surface area (Å²) in [5.74, 6) is 0.723. The van der Waals surface area contributed by atoms with Crippen LogP contribution in [-0.2, 0) is 0 Å². The molecule has 3 heterocycles. The molecule has 0 radical (unpaired) electrons. The first-order valence-corrected chi connectivity index (χ1v) is 7.14. The molecule has 0 saturated carbocycles. The van der Waals surface area contributed by atoms with Crippen molar-refractivity contribution in [2.75, 3.05) is 23.3 Å².